The quantitative estimate of drug-likeness (QED) is 0.817. The number of hydrogen-bond acceptors (Lipinski definition) is 4. The highest BCUT2D eigenvalue weighted by Gasteiger charge is 2.19. The van der Waals surface area contributed by atoms with Crippen LogP contribution in [0.2, 0.25) is 0 Å². The van der Waals surface area contributed by atoms with Crippen molar-refractivity contribution in [2.45, 2.75) is 33.2 Å². The number of aromatic nitrogens is 4. The molecule has 0 saturated carbocycles. The highest BCUT2D eigenvalue weighted by atomic mass is 32.1. The van der Waals surface area contributed by atoms with Gasteiger partial charge >= 0.3 is 5.69 Å². The van der Waals surface area contributed by atoms with Gasteiger partial charge in [-0.2, -0.15) is 0 Å². The third-order valence-corrected chi connectivity index (χ3v) is 3.36. The van der Waals surface area contributed by atoms with Crippen LogP contribution in [-0.2, 0) is 13.6 Å². The van der Waals surface area contributed by atoms with Crippen LogP contribution in [0.25, 0.3) is 11.2 Å². The first kappa shape index (κ1) is 12.9. The van der Waals surface area contributed by atoms with Crippen LogP contribution in [0.3, 0.4) is 0 Å². The summed E-state index contributed by atoms with van der Waals surface area (Å²) in [5, 5.41) is 0. The minimum absolute atomic E-state index is 0.125. The lowest BCUT2D eigenvalue weighted by molar-refractivity contribution is 0.649. The number of rotatable bonds is 2. The van der Waals surface area contributed by atoms with E-state index in [-0.39, 0.29) is 22.7 Å². The average molecular weight is 268 g/mol. The number of hydrogen-bond donors (Lipinski definition) is 1. The van der Waals surface area contributed by atoms with Crippen LogP contribution in [0.5, 0.6) is 0 Å². The SMILES string of the molecule is CCn1c(=O)n(C)c(=O)c2nc(C(C)C)n(S)c21. The fourth-order valence-electron chi connectivity index (χ4n) is 1.98. The second-order valence-corrected chi connectivity index (χ2v) is 4.90. The highest BCUT2D eigenvalue weighted by molar-refractivity contribution is 7.78. The van der Waals surface area contributed by atoms with E-state index in [0.29, 0.717) is 18.0 Å². The molecule has 0 N–H and O–H groups in total. The summed E-state index contributed by atoms with van der Waals surface area (Å²) in [6.07, 6.45) is 0. The smallest absolute Gasteiger partial charge is 0.277 e. The molecule has 0 bridgehead atoms. The minimum Gasteiger partial charge on any atom is -0.277 e. The van der Waals surface area contributed by atoms with Gasteiger partial charge in [-0.15, -0.1) is 0 Å². The van der Waals surface area contributed by atoms with Crippen LogP contribution in [0.1, 0.15) is 32.5 Å². The second kappa shape index (κ2) is 4.31. The standard InChI is InChI=1S/C11H16N4O2S/c1-5-14-9-7(10(16)13(4)11(14)17)12-8(6(2)3)15(9)18/h6,18H,5H2,1-4H3. The monoisotopic (exact) mass is 268 g/mol. The van der Waals surface area contributed by atoms with Crippen molar-refractivity contribution < 1.29 is 0 Å². The lowest BCUT2D eigenvalue weighted by atomic mass is 10.2. The van der Waals surface area contributed by atoms with Gasteiger partial charge in [-0.05, 0) is 6.92 Å². The van der Waals surface area contributed by atoms with Gasteiger partial charge in [-0.1, -0.05) is 26.7 Å². The van der Waals surface area contributed by atoms with Crippen LogP contribution in [0, 0.1) is 0 Å². The molecule has 0 aliphatic rings. The Hall–Kier alpha value is -1.50. The average Bonchev–Trinajstić information content (AvgIpc) is 2.66. The first-order chi connectivity index (χ1) is 8.40. The van der Waals surface area contributed by atoms with Crippen molar-refractivity contribution in [3.05, 3.63) is 26.7 Å². The summed E-state index contributed by atoms with van der Waals surface area (Å²) in [7, 11) is 1.46. The van der Waals surface area contributed by atoms with E-state index < -0.39 is 0 Å². The fraction of sp³-hybridized carbons (Fsp3) is 0.545. The Balaban J connectivity index is 3.08. The molecule has 2 aromatic rings. The van der Waals surface area contributed by atoms with Gasteiger partial charge < -0.3 is 0 Å². The largest absolute Gasteiger partial charge is 0.332 e. The van der Waals surface area contributed by atoms with Crippen molar-refractivity contribution in [1.82, 2.24) is 18.1 Å². The molecule has 0 unspecified atom stereocenters. The van der Waals surface area contributed by atoms with E-state index >= 15 is 0 Å². The molecule has 18 heavy (non-hydrogen) atoms. The van der Waals surface area contributed by atoms with Crippen LogP contribution in [0.15, 0.2) is 9.59 Å². The van der Waals surface area contributed by atoms with Gasteiger partial charge in [0, 0.05) is 19.5 Å². The molecule has 0 radical (unpaired) electrons. The van der Waals surface area contributed by atoms with Crippen LogP contribution >= 0.6 is 12.8 Å². The molecule has 0 fully saturated rings. The normalized spacial score (nSPS) is 11.7. The Labute approximate surface area is 109 Å². The second-order valence-electron chi connectivity index (χ2n) is 4.50. The molecular formula is C11H16N4O2S. The number of aryl methyl sites for hydroxylation is 1. The van der Waals surface area contributed by atoms with Crippen LogP contribution in [0.4, 0.5) is 0 Å². The number of fused-ring (bicyclic) bond motifs is 1. The maximum Gasteiger partial charge on any atom is 0.332 e. The van der Waals surface area contributed by atoms with Gasteiger partial charge in [-0.25, -0.2) is 9.78 Å². The zero-order valence-corrected chi connectivity index (χ0v) is 11.7. The molecule has 2 heterocycles. The molecule has 0 atom stereocenters. The molecule has 98 valence electrons. The zero-order valence-electron chi connectivity index (χ0n) is 10.8. The summed E-state index contributed by atoms with van der Waals surface area (Å²) in [6, 6.07) is 0. The van der Waals surface area contributed by atoms with Gasteiger partial charge in [0.15, 0.2) is 11.2 Å². The Morgan fingerprint density at radius 2 is 1.94 bits per heavy atom. The summed E-state index contributed by atoms with van der Waals surface area (Å²) in [4.78, 5) is 28.4. The predicted octanol–water partition coefficient (Wildman–Crippen LogP) is 0.733. The lowest BCUT2D eigenvalue weighted by Crippen LogP contribution is -2.38. The first-order valence-electron chi connectivity index (χ1n) is 5.81. The molecule has 0 spiro atoms. The lowest BCUT2D eigenvalue weighted by Gasteiger charge is -2.08. The summed E-state index contributed by atoms with van der Waals surface area (Å²) < 4.78 is 4.12. The summed E-state index contributed by atoms with van der Waals surface area (Å²) in [6.45, 7) is 6.24. The molecule has 0 saturated heterocycles. The van der Waals surface area contributed by atoms with Gasteiger partial charge in [0.1, 0.15) is 5.82 Å². The molecule has 0 amide bonds. The molecule has 7 heteroatoms. The summed E-state index contributed by atoms with van der Waals surface area (Å²) in [5.74, 6) is 0.804. The Morgan fingerprint density at radius 1 is 1.33 bits per heavy atom. The minimum atomic E-state index is -0.380. The molecule has 0 aliphatic carbocycles. The van der Waals surface area contributed by atoms with Gasteiger partial charge in [0.25, 0.3) is 5.56 Å². The van der Waals surface area contributed by atoms with Crippen molar-refractivity contribution >= 4 is 24.0 Å². The van der Waals surface area contributed by atoms with Crippen molar-refractivity contribution in [3.8, 4) is 0 Å². The van der Waals surface area contributed by atoms with E-state index in [9.17, 15) is 9.59 Å². The Morgan fingerprint density at radius 3 is 2.44 bits per heavy atom. The molecule has 2 aromatic heterocycles. The van der Waals surface area contributed by atoms with Crippen molar-refractivity contribution in [3.63, 3.8) is 0 Å². The van der Waals surface area contributed by atoms with E-state index in [1.165, 1.54) is 15.6 Å². The van der Waals surface area contributed by atoms with Crippen molar-refractivity contribution in [2.75, 3.05) is 0 Å². The van der Waals surface area contributed by atoms with Crippen molar-refractivity contribution in [2.24, 2.45) is 7.05 Å². The van der Waals surface area contributed by atoms with Crippen LogP contribution in [-0.4, -0.2) is 18.1 Å². The maximum absolute atomic E-state index is 12.0. The van der Waals surface area contributed by atoms with Crippen molar-refractivity contribution in [1.29, 1.82) is 0 Å². The molecule has 2 rings (SSSR count). The van der Waals surface area contributed by atoms with E-state index in [0.717, 1.165) is 4.57 Å². The number of nitrogens with zero attached hydrogens (tertiary/aromatic N) is 4. The first-order valence-corrected chi connectivity index (χ1v) is 6.21. The number of thiol groups is 1. The Kier molecular flexibility index (Phi) is 3.10. The van der Waals surface area contributed by atoms with E-state index in [1.54, 1.807) is 0 Å². The maximum atomic E-state index is 12.0. The number of imidazole rings is 1. The highest BCUT2D eigenvalue weighted by Crippen LogP contribution is 2.19. The Bertz CT molecular complexity index is 723. The third-order valence-electron chi connectivity index (χ3n) is 2.97. The molecule has 0 aromatic carbocycles. The summed E-state index contributed by atoms with van der Waals surface area (Å²) >= 11 is 4.35. The third kappa shape index (κ3) is 1.61. The molecule has 6 nitrogen and oxygen atoms in total. The predicted molar refractivity (Wildman–Crippen MR) is 73.4 cm³/mol. The van der Waals surface area contributed by atoms with Crippen LogP contribution < -0.4 is 11.2 Å². The fourth-order valence-corrected chi connectivity index (χ4v) is 2.46. The van der Waals surface area contributed by atoms with Gasteiger partial charge in [0.05, 0.1) is 0 Å². The molecular weight excluding hydrogens is 252 g/mol. The van der Waals surface area contributed by atoms with Gasteiger partial charge in [0.2, 0.25) is 0 Å². The van der Waals surface area contributed by atoms with E-state index in [4.69, 9.17) is 0 Å². The topological polar surface area (TPSA) is 61.8 Å². The van der Waals surface area contributed by atoms with Gasteiger partial charge in [-0.3, -0.25) is 17.9 Å². The summed E-state index contributed by atoms with van der Waals surface area (Å²) in [5.41, 5.74) is 0.0326. The molecule has 0 aliphatic heterocycles. The van der Waals surface area contributed by atoms with E-state index in [1.807, 2.05) is 20.8 Å². The zero-order chi connectivity index (χ0) is 13.6. The van der Waals surface area contributed by atoms with E-state index in [2.05, 4.69) is 17.8 Å².